The van der Waals surface area contributed by atoms with Gasteiger partial charge in [-0.3, -0.25) is 0 Å². The number of nitrogens with zero attached hydrogens (tertiary/aromatic N) is 1. The van der Waals surface area contributed by atoms with E-state index < -0.39 is 0 Å². The third-order valence-electron chi connectivity index (χ3n) is 3.08. The molecule has 21 heavy (non-hydrogen) atoms. The van der Waals surface area contributed by atoms with Crippen LogP contribution in [0.25, 0.3) is 0 Å². The first kappa shape index (κ1) is 16.2. The third-order valence-corrected chi connectivity index (χ3v) is 4.35. The third kappa shape index (κ3) is 4.95. The molecule has 1 aliphatic rings. The summed E-state index contributed by atoms with van der Waals surface area (Å²) < 4.78 is 6.07. The average molecular weight is 306 g/mol. The molecule has 0 atom stereocenters. The van der Waals surface area contributed by atoms with Crippen LogP contribution in [0.15, 0.2) is 29.3 Å². The maximum atomic E-state index is 5.76. The molecule has 1 aliphatic heterocycles. The van der Waals surface area contributed by atoms with Crippen LogP contribution in [0.3, 0.4) is 0 Å². The summed E-state index contributed by atoms with van der Waals surface area (Å²) in [5.74, 6) is 1.84. The van der Waals surface area contributed by atoms with Gasteiger partial charge in [-0.05, 0) is 26.0 Å². The lowest BCUT2D eigenvalue weighted by Crippen LogP contribution is -2.17. The van der Waals surface area contributed by atoms with Gasteiger partial charge in [0.25, 0.3) is 0 Å². The Bertz CT molecular complexity index is 518. The zero-order chi connectivity index (χ0) is 15.5. The van der Waals surface area contributed by atoms with E-state index in [1.54, 1.807) is 0 Å². The first-order valence-electron chi connectivity index (χ1n) is 7.47. The summed E-state index contributed by atoms with van der Waals surface area (Å²) in [5, 5.41) is 3.51. The van der Waals surface area contributed by atoms with Gasteiger partial charge in [0, 0.05) is 22.7 Å². The molecule has 0 bridgehead atoms. The molecule has 1 heterocycles. The summed E-state index contributed by atoms with van der Waals surface area (Å²) in [7, 11) is 0. The Morgan fingerprint density at radius 2 is 2.00 bits per heavy atom. The van der Waals surface area contributed by atoms with Gasteiger partial charge in [0.05, 0.1) is 11.1 Å². The van der Waals surface area contributed by atoms with Crippen LogP contribution in [0, 0.1) is 0 Å². The fraction of sp³-hybridized carbons (Fsp3) is 0.588. The summed E-state index contributed by atoms with van der Waals surface area (Å²) in [6, 6.07) is 8.23. The molecular weight excluding hydrogens is 280 g/mol. The minimum absolute atomic E-state index is 0.121. The monoisotopic (exact) mass is 306 g/mol. The van der Waals surface area contributed by atoms with Crippen LogP contribution in [0.5, 0.6) is 0 Å². The molecule has 0 amide bonds. The van der Waals surface area contributed by atoms with E-state index in [-0.39, 0.29) is 5.54 Å². The van der Waals surface area contributed by atoms with E-state index >= 15 is 0 Å². The van der Waals surface area contributed by atoms with Crippen LogP contribution in [0.2, 0.25) is 0 Å². The van der Waals surface area contributed by atoms with Crippen molar-refractivity contribution in [1.82, 2.24) is 0 Å². The molecule has 0 fully saturated rings. The number of nitrogens with one attached hydrogen (secondary N) is 1. The largest absolute Gasteiger partial charge is 0.475 e. The quantitative estimate of drug-likeness (QED) is 0.828. The van der Waals surface area contributed by atoms with E-state index in [0.717, 1.165) is 29.4 Å². The molecule has 0 radical (unpaired) electrons. The maximum Gasteiger partial charge on any atom is 0.218 e. The Balaban J connectivity index is 2.01. The normalized spacial score (nSPS) is 17.3. The van der Waals surface area contributed by atoms with Crippen molar-refractivity contribution in [2.24, 2.45) is 4.99 Å². The van der Waals surface area contributed by atoms with Crippen molar-refractivity contribution >= 4 is 23.3 Å². The smallest absolute Gasteiger partial charge is 0.218 e. The molecule has 2 rings (SSSR count). The van der Waals surface area contributed by atoms with Crippen molar-refractivity contribution in [3.05, 3.63) is 29.8 Å². The molecule has 0 aromatic heterocycles. The molecule has 0 saturated heterocycles. The van der Waals surface area contributed by atoms with E-state index in [1.807, 2.05) is 23.9 Å². The van der Waals surface area contributed by atoms with Crippen LogP contribution in [0.4, 0.5) is 5.69 Å². The van der Waals surface area contributed by atoms with Gasteiger partial charge in [0.15, 0.2) is 0 Å². The van der Waals surface area contributed by atoms with E-state index in [4.69, 9.17) is 4.74 Å². The number of rotatable bonds is 5. The minimum atomic E-state index is -0.121. The lowest BCUT2D eigenvalue weighted by molar-refractivity contribution is 0.279. The zero-order valence-corrected chi connectivity index (χ0v) is 14.5. The fourth-order valence-corrected chi connectivity index (χ4v) is 2.91. The number of ether oxygens (including phenoxy) is 1. The van der Waals surface area contributed by atoms with Crippen LogP contribution in [-0.2, 0) is 4.74 Å². The van der Waals surface area contributed by atoms with E-state index in [0.29, 0.717) is 11.4 Å². The van der Waals surface area contributed by atoms with Crippen molar-refractivity contribution in [2.45, 2.75) is 44.9 Å². The molecule has 0 unspecified atom stereocenters. The summed E-state index contributed by atoms with van der Waals surface area (Å²) in [6.07, 6.45) is 0. The Morgan fingerprint density at radius 1 is 1.29 bits per heavy atom. The van der Waals surface area contributed by atoms with Gasteiger partial charge in [-0.2, -0.15) is 11.8 Å². The van der Waals surface area contributed by atoms with Crippen molar-refractivity contribution in [3.63, 3.8) is 0 Å². The van der Waals surface area contributed by atoms with Crippen molar-refractivity contribution in [2.75, 3.05) is 24.2 Å². The Labute approximate surface area is 132 Å². The van der Waals surface area contributed by atoms with Gasteiger partial charge in [-0.15, -0.1) is 0 Å². The van der Waals surface area contributed by atoms with Crippen LogP contribution >= 0.6 is 11.8 Å². The molecule has 116 valence electrons. The molecule has 4 heteroatoms. The maximum absolute atomic E-state index is 5.76. The predicted molar refractivity (Wildman–Crippen MR) is 93.7 cm³/mol. The second-order valence-corrected chi connectivity index (χ2v) is 8.87. The lowest BCUT2D eigenvalue weighted by atomic mass is 10.1. The topological polar surface area (TPSA) is 33.6 Å². The molecule has 1 aromatic rings. The number of hydrogen-bond donors (Lipinski definition) is 1. The summed E-state index contributed by atoms with van der Waals surface area (Å²) in [5.41, 5.74) is 2.04. The Kier molecular flexibility index (Phi) is 4.87. The van der Waals surface area contributed by atoms with Gasteiger partial charge < -0.3 is 10.1 Å². The second kappa shape index (κ2) is 6.30. The number of anilines is 1. The van der Waals surface area contributed by atoms with Gasteiger partial charge in [0.1, 0.15) is 6.61 Å². The first-order valence-corrected chi connectivity index (χ1v) is 8.45. The highest BCUT2D eigenvalue weighted by molar-refractivity contribution is 8.00. The number of para-hydroxylation sites is 1. The predicted octanol–water partition coefficient (Wildman–Crippen LogP) is 4.19. The molecular formula is C17H26N2OS. The van der Waals surface area contributed by atoms with Gasteiger partial charge in [-0.25, -0.2) is 4.99 Å². The number of aliphatic imine (C=N–C) groups is 1. The van der Waals surface area contributed by atoms with Crippen molar-refractivity contribution < 1.29 is 4.74 Å². The number of thioether (sulfide) groups is 1. The fourth-order valence-electron chi connectivity index (χ4n) is 2.09. The highest BCUT2D eigenvalue weighted by Gasteiger charge is 2.28. The SMILES string of the molecule is CC1(C)COC(c2ccccc2NCCSC(C)(C)C)=N1. The molecule has 0 aliphatic carbocycles. The molecule has 1 aromatic carbocycles. The lowest BCUT2D eigenvalue weighted by Gasteiger charge is -2.18. The molecule has 1 N–H and O–H groups in total. The van der Waals surface area contributed by atoms with Crippen LogP contribution < -0.4 is 5.32 Å². The van der Waals surface area contributed by atoms with Crippen LogP contribution in [-0.4, -0.2) is 35.1 Å². The van der Waals surface area contributed by atoms with Crippen molar-refractivity contribution in [3.8, 4) is 0 Å². The highest BCUT2D eigenvalue weighted by atomic mass is 32.2. The van der Waals surface area contributed by atoms with Gasteiger partial charge in [-0.1, -0.05) is 32.9 Å². The van der Waals surface area contributed by atoms with Crippen molar-refractivity contribution in [1.29, 1.82) is 0 Å². The molecule has 0 spiro atoms. The second-order valence-electron chi connectivity index (χ2n) is 6.95. The summed E-state index contributed by atoms with van der Waals surface area (Å²) >= 11 is 1.97. The van der Waals surface area contributed by atoms with Gasteiger partial charge >= 0.3 is 0 Å². The summed E-state index contributed by atoms with van der Waals surface area (Å²) in [6.45, 7) is 12.5. The molecule has 0 saturated carbocycles. The van der Waals surface area contributed by atoms with Crippen LogP contribution in [0.1, 0.15) is 40.2 Å². The van der Waals surface area contributed by atoms with E-state index in [9.17, 15) is 0 Å². The average Bonchev–Trinajstić information content (AvgIpc) is 2.74. The molecule has 3 nitrogen and oxygen atoms in total. The Hall–Kier alpha value is -1.16. The summed E-state index contributed by atoms with van der Waals surface area (Å²) in [4.78, 5) is 4.67. The van der Waals surface area contributed by atoms with E-state index in [2.05, 4.69) is 57.1 Å². The van der Waals surface area contributed by atoms with E-state index in [1.165, 1.54) is 0 Å². The Morgan fingerprint density at radius 3 is 2.62 bits per heavy atom. The van der Waals surface area contributed by atoms with Gasteiger partial charge in [0.2, 0.25) is 5.90 Å². The number of hydrogen-bond acceptors (Lipinski definition) is 4. The standard InChI is InChI=1S/C17H26N2OS/c1-16(2,3)21-11-10-18-14-9-7-6-8-13(14)15-19-17(4,5)12-20-15/h6-9,18H,10-12H2,1-5H3. The first-order chi connectivity index (χ1) is 9.77. The minimum Gasteiger partial charge on any atom is -0.475 e. The highest BCUT2D eigenvalue weighted by Crippen LogP contribution is 2.26. The zero-order valence-electron chi connectivity index (χ0n) is 13.7. The number of benzene rings is 1.